The average molecular weight is 298 g/mol. The molecule has 1 aromatic carbocycles. The Hall–Kier alpha value is -1.40. The standard InChI is InChI=1S/C11H12BrN3O2/c1-14-10(16)15(2)13-9(12)11(14,17)8-6-4-3-5-7-8/h3-7,17H,1-2H3. The SMILES string of the molecule is CN1N=C(Br)C(O)(c2ccccc2)N(C)C1=O. The Kier molecular flexibility index (Phi) is 2.92. The summed E-state index contributed by atoms with van der Waals surface area (Å²) in [5.74, 6) is 0. The van der Waals surface area contributed by atoms with E-state index >= 15 is 0 Å². The van der Waals surface area contributed by atoms with Crippen molar-refractivity contribution in [3.8, 4) is 0 Å². The maximum absolute atomic E-state index is 11.8. The van der Waals surface area contributed by atoms with Crippen molar-refractivity contribution in [3.63, 3.8) is 0 Å². The number of carbonyl (C=O) groups excluding carboxylic acids is 1. The summed E-state index contributed by atoms with van der Waals surface area (Å²) in [6.45, 7) is 0. The molecule has 1 unspecified atom stereocenters. The first-order valence-electron chi connectivity index (χ1n) is 5.02. The van der Waals surface area contributed by atoms with Crippen LogP contribution < -0.4 is 0 Å². The van der Waals surface area contributed by atoms with Gasteiger partial charge in [0.1, 0.15) is 0 Å². The summed E-state index contributed by atoms with van der Waals surface area (Å²) in [5, 5.41) is 15.8. The van der Waals surface area contributed by atoms with E-state index in [0.717, 1.165) is 0 Å². The second-order valence-electron chi connectivity index (χ2n) is 3.79. The first kappa shape index (κ1) is 12.1. The van der Waals surface area contributed by atoms with E-state index in [2.05, 4.69) is 21.0 Å². The number of urea groups is 1. The predicted octanol–water partition coefficient (Wildman–Crippen LogP) is 1.54. The van der Waals surface area contributed by atoms with E-state index in [-0.39, 0.29) is 10.7 Å². The van der Waals surface area contributed by atoms with Crippen molar-refractivity contribution >= 4 is 26.6 Å². The largest absolute Gasteiger partial charge is 0.361 e. The predicted molar refractivity (Wildman–Crippen MR) is 67.6 cm³/mol. The van der Waals surface area contributed by atoms with E-state index in [1.54, 1.807) is 24.3 Å². The lowest BCUT2D eigenvalue weighted by atomic mass is 10.0. The van der Waals surface area contributed by atoms with Crippen molar-refractivity contribution in [2.75, 3.05) is 14.1 Å². The first-order chi connectivity index (χ1) is 7.98. The molecule has 2 amide bonds. The third kappa shape index (κ3) is 1.73. The molecule has 1 atom stereocenters. The Bertz CT molecular complexity index is 477. The van der Waals surface area contributed by atoms with Gasteiger partial charge in [0.15, 0.2) is 4.62 Å². The fourth-order valence-electron chi connectivity index (χ4n) is 1.72. The van der Waals surface area contributed by atoms with Crippen LogP contribution >= 0.6 is 15.9 Å². The summed E-state index contributed by atoms with van der Waals surface area (Å²) >= 11 is 3.22. The minimum absolute atomic E-state index is 0.279. The Morgan fingerprint density at radius 3 is 2.47 bits per heavy atom. The van der Waals surface area contributed by atoms with Gasteiger partial charge in [-0.1, -0.05) is 30.3 Å². The summed E-state index contributed by atoms with van der Waals surface area (Å²) < 4.78 is 0.279. The second-order valence-corrected chi connectivity index (χ2v) is 4.55. The summed E-state index contributed by atoms with van der Waals surface area (Å²) in [5.41, 5.74) is -0.968. The quantitative estimate of drug-likeness (QED) is 0.855. The van der Waals surface area contributed by atoms with Gasteiger partial charge in [0.2, 0.25) is 5.72 Å². The van der Waals surface area contributed by atoms with Crippen molar-refractivity contribution in [1.82, 2.24) is 9.91 Å². The number of hydrogen-bond donors (Lipinski definition) is 1. The number of amides is 2. The van der Waals surface area contributed by atoms with Crippen molar-refractivity contribution < 1.29 is 9.90 Å². The van der Waals surface area contributed by atoms with Crippen LogP contribution in [0.25, 0.3) is 0 Å². The number of benzene rings is 1. The summed E-state index contributed by atoms with van der Waals surface area (Å²) in [6.07, 6.45) is 0. The molecular weight excluding hydrogens is 286 g/mol. The van der Waals surface area contributed by atoms with Crippen LogP contribution in [0.5, 0.6) is 0 Å². The number of aliphatic hydroxyl groups is 1. The van der Waals surface area contributed by atoms with Gasteiger partial charge in [0.25, 0.3) is 0 Å². The summed E-state index contributed by atoms with van der Waals surface area (Å²) in [7, 11) is 3.06. The highest BCUT2D eigenvalue weighted by Crippen LogP contribution is 2.32. The van der Waals surface area contributed by atoms with E-state index in [9.17, 15) is 9.90 Å². The zero-order valence-corrected chi connectivity index (χ0v) is 11.0. The number of rotatable bonds is 1. The van der Waals surface area contributed by atoms with E-state index < -0.39 is 5.72 Å². The van der Waals surface area contributed by atoms with Crippen LogP contribution in [-0.2, 0) is 5.72 Å². The molecule has 1 aliphatic rings. The van der Waals surface area contributed by atoms with Crippen LogP contribution in [0.4, 0.5) is 4.79 Å². The lowest BCUT2D eigenvalue weighted by Crippen LogP contribution is -2.57. The number of hydrogen-bond acceptors (Lipinski definition) is 3. The molecule has 0 radical (unpaired) electrons. The van der Waals surface area contributed by atoms with Gasteiger partial charge in [-0.15, -0.1) is 0 Å². The molecule has 1 aromatic rings. The minimum Gasteiger partial charge on any atom is -0.361 e. The first-order valence-corrected chi connectivity index (χ1v) is 5.81. The average Bonchev–Trinajstić information content (AvgIpc) is 2.35. The Morgan fingerprint density at radius 2 is 1.88 bits per heavy atom. The van der Waals surface area contributed by atoms with Crippen LogP contribution in [0.3, 0.4) is 0 Å². The molecule has 0 saturated carbocycles. The molecule has 5 nitrogen and oxygen atoms in total. The van der Waals surface area contributed by atoms with Crippen molar-refractivity contribution in [2.45, 2.75) is 5.72 Å². The fraction of sp³-hybridized carbons (Fsp3) is 0.273. The molecule has 0 bridgehead atoms. The number of carbonyl (C=O) groups is 1. The molecular formula is C11H12BrN3O2. The normalized spacial score (nSPS) is 24.9. The fourth-order valence-corrected chi connectivity index (χ4v) is 2.45. The van der Waals surface area contributed by atoms with E-state index in [1.165, 1.54) is 24.0 Å². The number of hydrazone groups is 1. The van der Waals surface area contributed by atoms with Crippen LogP contribution in [0.2, 0.25) is 0 Å². The van der Waals surface area contributed by atoms with Gasteiger partial charge in [-0.3, -0.25) is 4.90 Å². The highest BCUT2D eigenvalue weighted by molar-refractivity contribution is 9.18. The van der Waals surface area contributed by atoms with Gasteiger partial charge >= 0.3 is 6.03 Å². The molecule has 0 fully saturated rings. The Balaban J connectivity index is 2.56. The van der Waals surface area contributed by atoms with E-state index in [4.69, 9.17) is 0 Å². The minimum atomic E-state index is -1.55. The molecule has 17 heavy (non-hydrogen) atoms. The van der Waals surface area contributed by atoms with Crippen LogP contribution in [-0.4, -0.2) is 39.8 Å². The molecule has 0 saturated heterocycles. The zero-order chi connectivity index (χ0) is 12.6. The number of halogens is 1. The molecule has 1 aliphatic heterocycles. The van der Waals surface area contributed by atoms with E-state index in [1.807, 2.05) is 6.07 Å². The topological polar surface area (TPSA) is 56.1 Å². The Morgan fingerprint density at radius 1 is 1.29 bits per heavy atom. The van der Waals surface area contributed by atoms with Gasteiger partial charge in [-0.25, -0.2) is 9.80 Å². The van der Waals surface area contributed by atoms with Crippen LogP contribution in [0, 0.1) is 0 Å². The highest BCUT2D eigenvalue weighted by Gasteiger charge is 2.46. The second kappa shape index (κ2) is 4.12. The van der Waals surface area contributed by atoms with Gasteiger partial charge < -0.3 is 5.11 Å². The van der Waals surface area contributed by atoms with Gasteiger partial charge in [0, 0.05) is 19.7 Å². The molecule has 90 valence electrons. The Labute approximate surface area is 107 Å². The summed E-state index contributed by atoms with van der Waals surface area (Å²) in [6, 6.07) is 8.54. The van der Waals surface area contributed by atoms with Gasteiger partial charge in [-0.2, -0.15) is 5.10 Å². The summed E-state index contributed by atoms with van der Waals surface area (Å²) in [4.78, 5) is 13.1. The molecule has 1 heterocycles. The molecule has 2 rings (SSSR count). The highest BCUT2D eigenvalue weighted by atomic mass is 79.9. The molecule has 0 spiro atoms. The maximum Gasteiger partial charge on any atom is 0.342 e. The van der Waals surface area contributed by atoms with Crippen molar-refractivity contribution in [2.24, 2.45) is 5.10 Å². The van der Waals surface area contributed by atoms with Crippen LogP contribution in [0.1, 0.15) is 5.56 Å². The van der Waals surface area contributed by atoms with Crippen molar-refractivity contribution in [1.29, 1.82) is 0 Å². The van der Waals surface area contributed by atoms with Gasteiger partial charge in [-0.05, 0) is 15.9 Å². The molecule has 1 N–H and O–H groups in total. The third-order valence-corrected chi connectivity index (χ3v) is 3.46. The maximum atomic E-state index is 11.8. The lowest BCUT2D eigenvalue weighted by Gasteiger charge is -2.41. The van der Waals surface area contributed by atoms with E-state index in [0.29, 0.717) is 5.56 Å². The molecule has 6 heteroatoms. The molecule has 0 aromatic heterocycles. The van der Waals surface area contributed by atoms with Gasteiger partial charge in [0.05, 0.1) is 0 Å². The lowest BCUT2D eigenvalue weighted by molar-refractivity contribution is -0.0267. The van der Waals surface area contributed by atoms with Crippen LogP contribution in [0.15, 0.2) is 35.4 Å². The third-order valence-electron chi connectivity index (χ3n) is 2.75. The monoisotopic (exact) mass is 297 g/mol. The number of nitrogens with zero attached hydrogens (tertiary/aromatic N) is 3. The zero-order valence-electron chi connectivity index (χ0n) is 9.46. The van der Waals surface area contributed by atoms with Crippen molar-refractivity contribution in [3.05, 3.63) is 35.9 Å². The molecule has 0 aliphatic carbocycles. The smallest absolute Gasteiger partial charge is 0.342 e.